The molecule has 2 aromatic carbocycles. The van der Waals surface area contributed by atoms with Gasteiger partial charge >= 0.3 is 0 Å². The van der Waals surface area contributed by atoms with E-state index in [0.29, 0.717) is 24.5 Å². The van der Waals surface area contributed by atoms with Gasteiger partial charge in [0, 0.05) is 12.8 Å². The van der Waals surface area contributed by atoms with Gasteiger partial charge in [0.25, 0.3) is 0 Å². The number of allylic oxidation sites excluding steroid dienone is 3. The van der Waals surface area contributed by atoms with Gasteiger partial charge < -0.3 is 0 Å². The van der Waals surface area contributed by atoms with E-state index in [9.17, 15) is 4.79 Å². The van der Waals surface area contributed by atoms with Crippen LogP contribution in [0.1, 0.15) is 70.8 Å². The van der Waals surface area contributed by atoms with Crippen LogP contribution in [0.25, 0.3) is 10.8 Å². The van der Waals surface area contributed by atoms with Crippen LogP contribution in [0.5, 0.6) is 0 Å². The summed E-state index contributed by atoms with van der Waals surface area (Å²) in [7, 11) is 0. The van der Waals surface area contributed by atoms with Gasteiger partial charge in [-0.1, -0.05) is 80.6 Å². The molecule has 0 bridgehead atoms. The number of hydrogen-bond acceptors (Lipinski definition) is 1. The van der Waals surface area contributed by atoms with Crippen molar-refractivity contribution >= 4 is 16.6 Å². The normalized spacial score (nSPS) is 19.8. The molecule has 0 N–H and O–H groups in total. The SMILES string of the molecule is C=CCC(C)(CC=C)C(C)CC(=O)CCC1(Cc2ccc3ccccc3c2)CCC(=C)C1. The van der Waals surface area contributed by atoms with Crippen LogP contribution in [-0.4, -0.2) is 5.78 Å². The van der Waals surface area contributed by atoms with Gasteiger partial charge in [0.1, 0.15) is 5.78 Å². The number of ketones is 1. The topological polar surface area (TPSA) is 17.1 Å². The number of benzene rings is 2. The first-order chi connectivity index (χ1) is 15.3. The predicted octanol–water partition coefficient (Wildman–Crippen LogP) is 8.64. The maximum absolute atomic E-state index is 13.0. The molecule has 2 atom stereocenters. The molecule has 1 nitrogen and oxygen atoms in total. The molecule has 0 aliphatic heterocycles. The summed E-state index contributed by atoms with van der Waals surface area (Å²) in [4.78, 5) is 13.0. The van der Waals surface area contributed by atoms with Gasteiger partial charge in [-0.3, -0.25) is 4.79 Å². The first-order valence-electron chi connectivity index (χ1n) is 12.2. The molecule has 2 unspecified atom stereocenters. The lowest BCUT2D eigenvalue weighted by atomic mass is 9.70. The van der Waals surface area contributed by atoms with Gasteiger partial charge in [-0.15, -0.1) is 13.2 Å². The van der Waals surface area contributed by atoms with E-state index in [-0.39, 0.29) is 10.8 Å². The summed E-state index contributed by atoms with van der Waals surface area (Å²) in [6.45, 7) is 16.6. The Morgan fingerprint density at radius 3 is 2.44 bits per heavy atom. The van der Waals surface area contributed by atoms with Crippen molar-refractivity contribution in [3.05, 3.63) is 85.5 Å². The van der Waals surface area contributed by atoms with E-state index in [1.54, 1.807) is 0 Å². The van der Waals surface area contributed by atoms with Crippen LogP contribution < -0.4 is 0 Å². The minimum Gasteiger partial charge on any atom is -0.300 e. The molecule has 1 aliphatic carbocycles. The van der Waals surface area contributed by atoms with Crippen LogP contribution in [0.3, 0.4) is 0 Å². The molecule has 1 saturated carbocycles. The highest BCUT2D eigenvalue weighted by Gasteiger charge is 2.37. The Morgan fingerprint density at radius 1 is 1.12 bits per heavy atom. The monoisotopic (exact) mass is 428 g/mol. The first kappa shape index (κ1) is 24.2. The van der Waals surface area contributed by atoms with Crippen molar-refractivity contribution in [2.45, 2.75) is 71.6 Å². The second-order valence-electron chi connectivity index (χ2n) is 10.6. The fourth-order valence-corrected chi connectivity index (χ4v) is 5.62. The van der Waals surface area contributed by atoms with Crippen LogP contribution in [0.4, 0.5) is 0 Å². The average Bonchev–Trinajstić information content (AvgIpc) is 3.13. The fourth-order valence-electron chi connectivity index (χ4n) is 5.62. The quantitative estimate of drug-likeness (QED) is 0.309. The number of hydrogen-bond donors (Lipinski definition) is 0. The molecule has 3 rings (SSSR count). The maximum Gasteiger partial charge on any atom is 0.133 e. The van der Waals surface area contributed by atoms with Crippen molar-refractivity contribution in [2.75, 3.05) is 0 Å². The van der Waals surface area contributed by atoms with Crippen LogP contribution in [0.2, 0.25) is 0 Å². The number of fused-ring (bicyclic) bond motifs is 1. The van der Waals surface area contributed by atoms with Crippen LogP contribution in [-0.2, 0) is 11.2 Å². The molecule has 0 saturated heterocycles. The van der Waals surface area contributed by atoms with Gasteiger partial charge in [0.15, 0.2) is 0 Å². The van der Waals surface area contributed by atoms with Gasteiger partial charge in [-0.05, 0) is 78.0 Å². The average molecular weight is 429 g/mol. The highest BCUT2D eigenvalue weighted by molar-refractivity contribution is 5.83. The van der Waals surface area contributed by atoms with Crippen molar-refractivity contribution in [1.82, 2.24) is 0 Å². The fraction of sp³-hybridized carbons (Fsp3) is 0.452. The van der Waals surface area contributed by atoms with Crippen LogP contribution >= 0.6 is 0 Å². The number of rotatable bonds is 12. The largest absolute Gasteiger partial charge is 0.300 e. The molecule has 0 aromatic heterocycles. The van der Waals surface area contributed by atoms with Crippen LogP contribution in [0, 0.1) is 16.7 Å². The molecule has 1 fully saturated rings. The summed E-state index contributed by atoms with van der Waals surface area (Å²) in [5.74, 6) is 0.716. The summed E-state index contributed by atoms with van der Waals surface area (Å²) in [6, 6.07) is 15.4. The molecule has 1 heteroatoms. The van der Waals surface area contributed by atoms with E-state index >= 15 is 0 Å². The highest BCUT2D eigenvalue weighted by atomic mass is 16.1. The summed E-state index contributed by atoms with van der Waals surface area (Å²) in [5.41, 5.74) is 2.95. The highest BCUT2D eigenvalue weighted by Crippen LogP contribution is 2.47. The van der Waals surface area contributed by atoms with Crippen molar-refractivity contribution in [1.29, 1.82) is 0 Å². The Hall–Kier alpha value is -2.41. The van der Waals surface area contributed by atoms with Crippen molar-refractivity contribution in [2.24, 2.45) is 16.7 Å². The third-order valence-corrected chi connectivity index (χ3v) is 7.91. The molecule has 32 heavy (non-hydrogen) atoms. The van der Waals surface area contributed by atoms with Gasteiger partial charge in [-0.2, -0.15) is 0 Å². The zero-order valence-corrected chi connectivity index (χ0v) is 20.2. The zero-order valence-electron chi connectivity index (χ0n) is 20.2. The summed E-state index contributed by atoms with van der Waals surface area (Å²) in [5, 5.41) is 2.58. The first-order valence-corrected chi connectivity index (χ1v) is 12.2. The lowest BCUT2D eigenvalue weighted by molar-refractivity contribution is -0.121. The zero-order chi connectivity index (χ0) is 23.2. The Kier molecular flexibility index (Phi) is 7.93. The van der Waals surface area contributed by atoms with Gasteiger partial charge in [0.05, 0.1) is 0 Å². The van der Waals surface area contributed by atoms with E-state index < -0.39 is 0 Å². The number of carbonyl (C=O) groups excluding carboxylic acids is 1. The lowest BCUT2D eigenvalue weighted by Crippen LogP contribution is -2.27. The standard InChI is InChI=1S/C31H40O/c1-6-16-30(5,17-7-2)25(4)20-29(32)15-19-31(18-14-24(3)22-31)23-26-12-13-27-10-8-9-11-28(27)21-26/h6-13,21,25H,1-3,14-20,22-23H2,4-5H3. The second-order valence-corrected chi connectivity index (χ2v) is 10.6. The minimum absolute atomic E-state index is 0.0591. The molecule has 170 valence electrons. The molecule has 1 aliphatic rings. The Labute approximate surface area is 195 Å². The Morgan fingerprint density at radius 2 is 1.81 bits per heavy atom. The molecular formula is C31H40O. The Balaban J connectivity index is 1.67. The van der Waals surface area contributed by atoms with Crippen molar-refractivity contribution in [3.8, 4) is 0 Å². The molecule has 0 spiro atoms. The van der Waals surface area contributed by atoms with E-state index in [0.717, 1.165) is 44.9 Å². The maximum atomic E-state index is 13.0. The van der Waals surface area contributed by atoms with E-state index in [4.69, 9.17) is 0 Å². The minimum atomic E-state index is 0.0591. The molecular weight excluding hydrogens is 388 g/mol. The third-order valence-electron chi connectivity index (χ3n) is 7.91. The number of Topliss-reactive ketones (excluding diaryl/α,β-unsaturated/α-hetero) is 1. The van der Waals surface area contributed by atoms with Crippen molar-refractivity contribution < 1.29 is 4.79 Å². The lowest BCUT2D eigenvalue weighted by Gasteiger charge is -2.34. The Bertz CT molecular complexity index is 971. The second kappa shape index (κ2) is 10.5. The third kappa shape index (κ3) is 5.88. The molecule has 0 amide bonds. The van der Waals surface area contributed by atoms with Gasteiger partial charge in [0.2, 0.25) is 0 Å². The summed E-state index contributed by atoms with van der Waals surface area (Å²) >= 11 is 0. The molecule has 0 heterocycles. The summed E-state index contributed by atoms with van der Waals surface area (Å²) < 4.78 is 0. The van der Waals surface area contributed by atoms with E-state index in [2.05, 4.69) is 76.0 Å². The van der Waals surface area contributed by atoms with Crippen LogP contribution in [0.15, 0.2) is 79.9 Å². The van der Waals surface area contributed by atoms with E-state index in [1.807, 2.05) is 12.2 Å². The number of carbonyl (C=O) groups is 1. The smallest absolute Gasteiger partial charge is 0.133 e. The molecule has 0 radical (unpaired) electrons. The molecule has 2 aromatic rings. The summed E-state index contributed by atoms with van der Waals surface area (Å²) in [6.07, 6.45) is 12.4. The van der Waals surface area contributed by atoms with Gasteiger partial charge in [-0.25, -0.2) is 0 Å². The van der Waals surface area contributed by atoms with Crippen molar-refractivity contribution in [3.63, 3.8) is 0 Å². The predicted molar refractivity (Wildman–Crippen MR) is 139 cm³/mol. The van der Waals surface area contributed by atoms with E-state index in [1.165, 1.54) is 21.9 Å².